The van der Waals surface area contributed by atoms with Gasteiger partial charge in [0.1, 0.15) is 5.82 Å². The smallest absolute Gasteiger partial charge is 0.445 e. The second kappa shape index (κ2) is 6.02. The summed E-state index contributed by atoms with van der Waals surface area (Å²) in [4.78, 5) is 7.51. The van der Waals surface area contributed by atoms with Gasteiger partial charge < -0.3 is 12.9 Å². The Hall–Kier alpha value is 0.311. The molecule has 7 heteroatoms. The summed E-state index contributed by atoms with van der Waals surface area (Å²) in [6.07, 6.45) is 3.65. The molecule has 0 radical (unpaired) electrons. The Balaban J connectivity index is 0.00000169. The molecule has 0 N–H and O–H groups in total. The van der Waals surface area contributed by atoms with Crippen LogP contribution < -0.4 is 51.4 Å². The van der Waals surface area contributed by atoms with Crippen molar-refractivity contribution < 1.29 is 64.3 Å². The van der Waals surface area contributed by atoms with E-state index in [9.17, 15) is 12.9 Å². The van der Waals surface area contributed by atoms with Crippen molar-refractivity contribution in [3.8, 4) is 0 Å². The van der Waals surface area contributed by atoms with Crippen LogP contribution in [0.25, 0.3) is 6.08 Å². The number of aromatic nitrogens is 2. The van der Waals surface area contributed by atoms with E-state index < -0.39 is 6.98 Å². The van der Waals surface area contributed by atoms with Crippen molar-refractivity contribution in [1.82, 2.24) is 9.97 Å². The molecule has 1 aromatic rings. The third-order valence-electron chi connectivity index (χ3n) is 1.31. The van der Waals surface area contributed by atoms with Crippen molar-refractivity contribution in [1.29, 1.82) is 0 Å². The van der Waals surface area contributed by atoms with Crippen molar-refractivity contribution >= 4 is 13.1 Å². The fourth-order valence-corrected chi connectivity index (χ4v) is 0.709. The van der Waals surface area contributed by atoms with Crippen LogP contribution in [0.1, 0.15) is 11.4 Å². The van der Waals surface area contributed by atoms with Gasteiger partial charge in [-0.25, -0.2) is 9.97 Å². The summed E-state index contributed by atoms with van der Waals surface area (Å²) < 4.78 is 35.3. The van der Waals surface area contributed by atoms with Gasteiger partial charge in [0.15, 0.2) is 0 Å². The molecule has 1 aromatic heterocycles. The van der Waals surface area contributed by atoms with Crippen LogP contribution in [-0.2, 0) is 0 Å². The summed E-state index contributed by atoms with van der Waals surface area (Å²) in [5.74, 6) is 0.753. The second-order valence-electron chi connectivity index (χ2n) is 2.55. The fourth-order valence-electron chi connectivity index (χ4n) is 0.709. The maximum absolute atomic E-state index is 11.8. The Labute approximate surface area is 123 Å². The van der Waals surface area contributed by atoms with Gasteiger partial charge in [0.05, 0.1) is 0 Å². The second-order valence-corrected chi connectivity index (χ2v) is 2.55. The molecule has 0 atom stereocenters. The largest absolute Gasteiger partial charge is 1.00 e. The van der Waals surface area contributed by atoms with Crippen molar-refractivity contribution in [3.63, 3.8) is 0 Å². The van der Waals surface area contributed by atoms with E-state index in [0.717, 1.165) is 6.08 Å². The Morgan fingerprint density at radius 3 is 2.14 bits per heavy atom. The number of nitrogens with zero attached hydrogens (tertiary/aromatic N) is 2. The number of hydrogen-bond acceptors (Lipinski definition) is 2. The summed E-state index contributed by atoms with van der Waals surface area (Å²) in [5, 5.41) is 0. The zero-order valence-electron chi connectivity index (χ0n) is 7.92. The molecule has 0 aliphatic rings. The van der Waals surface area contributed by atoms with Gasteiger partial charge in [-0.2, -0.15) is 0 Å². The summed E-state index contributed by atoms with van der Waals surface area (Å²) in [7, 11) is 0. The average Bonchev–Trinajstić information content (AvgIpc) is 2.02. The molecule has 0 aliphatic heterocycles. The molecule has 1 heterocycles. The zero-order chi connectivity index (χ0) is 9.90. The first kappa shape index (κ1) is 14.3. The summed E-state index contributed by atoms with van der Waals surface area (Å²) in [6, 6.07) is 0. The van der Waals surface area contributed by atoms with Gasteiger partial charge in [0.2, 0.25) is 0 Å². The first-order valence-corrected chi connectivity index (χ1v) is 3.65. The monoisotopic (exact) mass is 226 g/mol. The van der Waals surface area contributed by atoms with Crippen molar-refractivity contribution in [2.45, 2.75) is 6.92 Å². The summed E-state index contributed by atoms with van der Waals surface area (Å²) in [5.41, 5.74) is 0.352. The fraction of sp³-hybridized carbons (Fsp3) is 0.143. The molecule has 0 unspecified atom stereocenters. The molecule has 0 bridgehead atoms. The summed E-state index contributed by atoms with van der Waals surface area (Å²) >= 11 is 0. The predicted octanol–water partition coefficient (Wildman–Crippen LogP) is -0.811. The van der Waals surface area contributed by atoms with Gasteiger partial charge in [-0.1, -0.05) is 6.08 Å². The Kier molecular flexibility index (Phi) is 6.15. The SMILES string of the molecule is Cc1ncc(/C=C/[B-](F)(F)F)cn1.[K+]. The Bertz CT molecular complexity index is 310. The maximum Gasteiger partial charge on any atom is 1.00 e. The third kappa shape index (κ3) is 5.92. The molecule has 0 amide bonds. The Morgan fingerprint density at radius 2 is 1.71 bits per heavy atom. The molecular weight excluding hydrogens is 219 g/mol. The van der Waals surface area contributed by atoms with E-state index in [-0.39, 0.29) is 57.4 Å². The topological polar surface area (TPSA) is 25.8 Å². The van der Waals surface area contributed by atoms with Gasteiger partial charge in [0, 0.05) is 18.0 Å². The van der Waals surface area contributed by atoms with E-state index in [4.69, 9.17) is 0 Å². The molecule has 0 saturated carbocycles. The van der Waals surface area contributed by atoms with Gasteiger partial charge in [-0.05, 0) is 6.92 Å². The first-order valence-electron chi connectivity index (χ1n) is 3.65. The van der Waals surface area contributed by atoms with E-state index in [1.165, 1.54) is 12.4 Å². The molecule has 2 nitrogen and oxygen atoms in total. The van der Waals surface area contributed by atoms with Gasteiger partial charge in [-0.15, -0.1) is 5.98 Å². The molecule has 0 fully saturated rings. The van der Waals surface area contributed by atoms with Gasteiger partial charge >= 0.3 is 58.4 Å². The first-order chi connectivity index (χ1) is 5.97. The van der Waals surface area contributed by atoms with E-state index in [2.05, 4.69) is 9.97 Å². The van der Waals surface area contributed by atoms with Crippen LogP contribution in [0.2, 0.25) is 0 Å². The molecule has 70 valence electrons. The van der Waals surface area contributed by atoms with E-state index in [0.29, 0.717) is 11.4 Å². The van der Waals surface area contributed by atoms with Gasteiger partial charge in [-0.3, -0.25) is 0 Å². The standard InChI is InChI=1S/C7H7BF3N2.K/c1-6-12-4-7(5-13-6)2-3-8(9,10)11;/h2-5H,1H3;/q-1;+1/b3-2+;. The van der Waals surface area contributed by atoms with Crippen LogP contribution in [0.4, 0.5) is 12.9 Å². The molecule has 1 rings (SSSR count). The van der Waals surface area contributed by atoms with Crippen LogP contribution >= 0.6 is 0 Å². The number of halogens is 3. The minimum absolute atomic E-state index is 0. The van der Waals surface area contributed by atoms with Crippen LogP contribution in [0.5, 0.6) is 0 Å². The minimum Gasteiger partial charge on any atom is -0.445 e. The zero-order valence-corrected chi connectivity index (χ0v) is 11.0. The molecule has 0 aromatic carbocycles. The number of aryl methyl sites for hydroxylation is 1. The van der Waals surface area contributed by atoms with Crippen molar-refractivity contribution in [3.05, 3.63) is 29.8 Å². The summed E-state index contributed by atoms with van der Waals surface area (Å²) in [6.45, 7) is -3.21. The van der Waals surface area contributed by atoms with Crippen molar-refractivity contribution in [2.75, 3.05) is 0 Å². The van der Waals surface area contributed by atoms with Crippen LogP contribution in [0, 0.1) is 6.92 Å². The van der Waals surface area contributed by atoms with E-state index >= 15 is 0 Å². The van der Waals surface area contributed by atoms with E-state index in [1.807, 2.05) is 0 Å². The van der Waals surface area contributed by atoms with Gasteiger partial charge in [0.25, 0.3) is 0 Å². The molecular formula is C7H7BF3KN2. The maximum atomic E-state index is 11.8. The molecule has 14 heavy (non-hydrogen) atoms. The van der Waals surface area contributed by atoms with Crippen LogP contribution in [-0.4, -0.2) is 16.9 Å². The minimum atomic E-state index is -4.87. The number of hydrogen-bond donors (Lipinski definition) is 0. The third-order valence-corrected chi connectivity index (χ3v) is 1.31. The quantitative estimate of drug-likeness (QED) is 0.616. The molecule has 0 aliphatic carbocycles. The van der Waals surface area contributed by atoms with Crippen molar-refractivity contribution in [2.24, 2.45) is 0 Å². The molecule has 0 saturated heterocycles. The average molecular weight is 226 g/mol. The molecule has 0 spiro atoms. The normalized spacial score (nSPS) is 11.4. The van der Waals surface area contributed by atoms with Crippen LogP contribution in [0.15, 0.2) is 18.4 Å². The van der Waals surface area contributed by atoms with E-state index in [1.54, 1.807) is 6.92 Å². The predicted molar refractivity (Wildman–Crippen MR) is 44.9 cm³/mol. The number of rotatable bonds is 2. The van der Waals surface area contributed by atoms with Crippen LogP contribution in [0.3, 0.4) is 0 Å². The Morgan fingerprint density at radius 1 is 1.21 bits per heavy atom.